The quantitative estimate of drug-likeness (QED) is 0.628. The summed E-state index contributed by atoms with van der Waals surface area (Å²) in [6.45, 7) is 6.05. The van der Waals surface area contributed by atoms with Crippen LogP contribution in [0.5, 0.6) is 5.75 Å². The van der Waals surface area contributed by atoms with Crippen molar-refractivity contribution in [3.8, 4) is 5.75 Å². The molecule has 0 saturated heterocycles. The van der Waals surface area contributed by atoms with Crippen molar-refractivity contribution in [2.45, 2.75) is 46.0 Å². The minimum absolute atomic E-state index is 0.742. The molecule has 0 fully saturated rings. The van der Waals surface area contributed by atoms with Crippen LogP contribution in [0.1, 0.15) is 46.0 Å². The third-order valence-corrected chi connectivity index (χ3v) is 2.98. The number of rotatable bonds is 9. The normalized spacial score (nSPS) is 10.4. The topological polar surface area (TPSA) is 21.3 Å². The molecule has 0 amide bonds. The molecule has 1 aromatic carbocycles. The lowest BCUT2D eigenvalue weighted by Gasteiger charge is -2.13. The SMILES string of the molecule is CCCCCCNc1cc(Cl)ccc1OCCC. The minimum atomic E-state index is 0.742. The number of hydrogen-bond acceptors (Lipinski definition) is 2. The van der Waals surface area contributed by atoms with Gasteiger partial charge in [0.25, 0.3) is 0 Å². The van der Waals surface area contributed by atoms with Crippen LogP contribution in [0.15, 0.2) is 18.2 Å². The molecule has 0 aliphatic rings. The number of halogens is 1. The predicted octanol–water partition coefficient (Wildman–Crippen LogP) is 5.12. The van der Waals surface area contributed by atoms with E-state index in [2.05, 4.69) is 19.2 Å². The second kappa shape index (κ2) is 9.09. The molecule has 1 aromatic rings. The monoisotopic (exact) mass is 269 g/mol. The zero-order valence-electron chi connectivity index (χ0n) is 11.5. The number of unbranched alkanes of at least 4 members (excludes halogenated alkanes) is 3. The Morgan fingerprint density at radius 3 is 2.67 bits per heavy atom. The Labute approximate surface area is 116 Å². The molecular formula is C15H24ClNO. The highest BCUT2D eigenvalue weighted by Gasteiger charge is 2.03. The first-order valence-electron chi connectivity index (χ1n) is 6.94. The fraction of sp³-hybridized carbons (Fsp3) is 0.600. The van der Waals surface area contributed by atoms with Gasteiger partial charge in [0.05, 0.1) is 12.3 Å². The van der Waals surface area contributed by atoms with E-state index in [-0.39, 0.29) is 0 Å². The van der Waals surface area contributed by atoms with Crippen LogP contribution in [-0.4, -0.2) is 13.2 Å². The van der Waals surface area contributed by atoms with Crippen LogP contribution in [0.25, 0.3) is 0 Å². The second-order valence-electron chi connectivity index (χ2n) is 4.48. The summed E-state index contributed by atoms with van der Waals surface area (Å²) in [6, 6.07) is 5.74. The molecule has 1 rings (SSSR count). The van der Waals surface area contributed by atoms with Gasteiger partial charge in [-0.2, -0.15) is 0 Å². The molecule has 0 radical (unpaired) electrons. The molecular weight excluding hydrogens is 246 g/mol. The first kappa shape index (κ1) is 15.2. The van der Waals surface area contributed by atoms with E-state index in [0.717, 1.165) is 36.0 Å². The first-order valence-corrected chi connectivity index (χ1v) is 7.32. The third kappa shape index (κ3) is 5.63. The van der Waals surface area contributed by atoms with Gasteiger partial charge in [0.2, 0.25) is 0 Å². The molecule has 102 valence electrons. The first-order chi connectivity index (χ1) is 8.77. The Kier molecular flexibility index (Phi) is 7.66. The van der Waals surface area contributed by atoms with E-state index in [9.17, 15) is 0 Å². The van der Waals surface area contributed by atoms with Crippen LogP contribution in [0.4, 0.5) is 5.69 Å². The van der Waals surface area contributed by atoms with Crippen molar-refractivity contribution in [2.75, 3.05) is 18.5 Å². The molecule has 0 bridgehead atoms. The van der Waals surface area contributed by atoms with Gasteiger partial charge in [0.1, 0.15) is 5.75 Å². The summed E-state index contributed by atoms with van der Waals surface area (Å²) < 4.78 is 5.70. The molecule has 0 spiro atoms. The van der Waals surface area contributed by atoms with Gasteiger partial charge in [-0.1, -0.05) is 44.7 Å². The Bertz CT molecular complexity index is 341. The van der Waals surface area contributed by atoms with E-state index < -0.39 is 0 Å². The third-order valence-electron chi connectivity index (χ3n) is 2.75. The molecule has 0 atom stereocenters. The summed E-state index contributed by atoms with van der Waals surface area (Å²) >= 11 is 6.02. The van der Waals surface area contributed by atoms with Crippen LogP contribution in [0.3, 0.4) is 0 Å². The standard InChI is InChI=1S/C15H24ClNO/c1-3-5-6-7-10-17-14-12-13(16)8-9-15(14)18-11-4-2/h8-9,12,17H,3-7,10-11H2,1-2H3. The molecule has 0 aliphatic heterocycles. The summed E-state index contributed by atoms with van der Waals surface area (Å²) in [5.74, 6) is 0.900. The molecule has 2 nitrogen and oxygen atoms in total. The van der Waals surface area contributed by atoms with Crippen molar-refractivity contribution >= 4 is 17.3 Å². The highest BCUT2D eigenvalue weighted by atomic mass is 35.5. The Balaban J connectivity index is 2.47. The molecule has 3 heteroatoms. The summed E-state index contributed by atoms with van der Waals surface area (Å²) in [4.78, 5) is 0. The van der Waals surface area contributed by atoms with Gasteiger partial charge in [-0.25, -0.2) is 0 Å². The van der Waals surface area contributed by atoms with E-state index in [1.54, 1.807) is 0 Å². The van der Waals surface area contributed by atoms with Crippen molar-refractivity contribution in [3.63, 3.8) is 0 Å². The largest absolute Gasteiger partial charge is 0.491 e. The summed E-state index contributed by atoms with van der Waals surface area (Å²) in [7, 11) is 0. The van der Waals surface area contributed by atoms with Crippen LogP contribution in [0, 0.1) is 0 Å². The van der Waals surface area contributed by atoms with Gasteiger partial charge in [-0.15, -0.1) is 0 Å². The Morgan fingerprint density at radius 2 is 1.94 bits per heavy atom. The van der Waals surface area contributed by atoms with Gasteiger partial charge in [-0.05, 0) is 31.0 Å². The van der Waals surface area contributed by atoms with Gasteiger partial charge in [-0.3, -0.25) is 0 Å². The average molecular weight is 270 g/mol. The maximum atomic E-state index is 6.02. The summed E-state index contributed by atoms with van der Waals surface area (Å²) in [5, 5.41) is 4.16. The molecule has 0 aromatic heterocycles. The fourth-order valence-electron chi connectivity index (χ4n) is 1.75. The highest BCUT2D eigenvalue weighted by molar-refractivity contribution is 6.30. The number of ether oxygens (including phenoxy) is 1. The van der Waals surface area contributed by atoms with E-state index in [0.29, 0.717) is 0 Å². The van der Waals surface area contributed by atoms with E-state index in [1.165, 1.54) is 25.7 Å². The fourth-order valence-corrected chi connectivity index (χ4v) is 1.93. The zero-order chi connectivity index (χ0) is 13.2. The lowest BCUT2D eigenvalue weighted by Crippen LogP contribution is -2.05. The van der Waals surface area contributed by atoms with Crippen LogP contribution < -0.4 is 10.1 Å². The minimum Gasteiger partial charge on any atom is -0.491 e. The van der Waals surface area contributed by atoms with E-state index in [1.807, 2.05) is 18.2 Å². The van der Waals surface area contributed by atoms with Crippen molar-refractivity contribution in [1.82, 2.24) is 0 Å². The molecule has 0 heterocycles. The van der Waals surface area contributed by atoms with Crippen molar-refractivity contribution in [3.05, 3.63) is 23.2 Å². The van der Waals surface area contributed by atoms with Crippen LogP contribution in [-0.2, 0) is 0 Å². The predicted molar refractivity (Wildman–Crippen MR) is 79.9 cm³/mol. The smallest absolute Gasteiger partial charge is 0.142 e. The van der Waals surface area contributed by atoms with Crippen molar-refractivity contribution < 1.29 is 4.74 Å². The molecule has 1 N–H and O–H groups in total. The molecule has 0 saturated carbocycles. The molecule has 0 unspecified atom stereocenters. The molecule has 0 aliphatic carbocycles. The number of nitrogens with one attached hydrogen (secondary N) is 1. The van der Waals surface area contributed by atoms with Crippen LogP contribution in [0.2, 0.25) is 5.02 Å². The summed E-state index contributed by atoms with van der Waals surface area (Å²) in [5.41, 5.74) is 1.01. The Morgan fingerprint density at radius 1 is 1.11 bits per heavy atom. The van der Waals surface area contributed by atoms with Crippen molar-refractivity contribution in [2.24, 2.45) is 0 Å². The maximum absolute atomic E-state index is 6.02. The average Bonchev–Trinajstić information content (AvgIpc) is 2.37. The van der Waals surface area contributed by atoms with Gasteiger partial charge in [0, 0.05) is 11.6 Å². The lowest BCUT2D eigenvalue weighted by atomic mass is 10.2. The number of anilines is 1. The second-order valence-corrected chi connectivity index (χ2v) is 4.91. The highest BCUT2D eigenvalue weighted by Crippen LogP contribution is 2.28. The summed E-state index contributed by atoms with van der Waals surface area (Å²) in [6.07, 6.45) is 6.04. The van der Waals surface area contributed by atoms with Crippen molar-refractivity contribution in [1.29, 1.82) is 0 Å². The van der Waals surface area contributed by atoms with Gasteiger partial charge >= 0.3 is 0 Å². The lowest BCUT2D eigenvalue weighted by molar-refractivity contribution is 0.319. The number of hydrogen-bond donors (Lipinski definition) is 1. The maximum Gasteiger partial charge on any atom is 0.142 e. The van der Waals surface area contributed by atoms with Crippen LogP contribution >= 0.6 is 11.6 Å². The Hall–Kier alpha value is -0.890. The molecule has 18 heavy (non-hydrogen) atoms. The van der Waals surface area contributed by atoms with E-state index in [4.69, 9.17) is 16.3 Å². The van der Waals surface area contributed by atoms with Gasteiger partial charge < -0.3 is 10.1 Å². The van der Waals surface area contributed by atoms with Gasteiger partial charge in [0.15, 0.2) is 0 Å². The van der Waals surface area contributed by atoms with E-state index >= 15 is 0 Å². The number of benzene rings is 1. The zero-order valence-corrected chi connectivity index (χ0v) is 12.2.